The second-order valence-corrected chi connectivity index (χ2v) is 6.33. The zero-order valence-corrected chi connectivity index (χ0v) is 12.8. The lowest BCUT2D eigenvalue weighted by Gasteiger charge is -2.13. The van der Waals surface area contributed by atoms with Gasteiger partial charge in [0.05, 0.1) is 12.8 Å². The van der Waals surface area contributed by atoms with Gasteiger partial charge in [-0.25, -0.2) is 13.1 Å². The van der Waals surface area contributed by atoms with E-state index in [0.717, 1.165) is 5.56 Å². The van der Waals surface area contributed by atoms with E-state index in [1.807, 2.05) is 18.2 Å². The highest BCUT2D eigenvalue weighted by atomic mass is 32.2. The third-order valence-electron chi connectivity index (χ3n) is 3.16. The van der Waals surface area contributed by atoms with Crippen molar-refractivity contribution in [3.8, 4) is 5.75 Å². The Morgan fingerprint density at radius 1 is 1.14 bits per heavy atom. The maximum absolute atomic E-state index is 12.4. The van der Waals surface area contributed by atoms with Crippen LogP contribution in [0.1, 0.15) is 11.1 Å². The van der Waals surface area contributed by atoms with E-state index in [0.29, 0.717) is 11.3 Å². The number of nitrogens with two attached hydrogens (primary N) is 1. The molecule has 0 spiro atoms. The van der Waals surface area contributed by atoms with Gasteiger partial charge in [-0.2, -0.15) is 0 Å². The van der Waals surface area contributed by atoms with Gasteiger partial charge in [0.1, 0.15) is 10.6 Å². The van der Waals surface area contributed by atoms with Gasteiger partial charge >= 0.3 is 0 Å². The highest BCUT2D eigenvalue weighted by molar-refractivity contribution is 7.89. The predicted octanol–water partition coefficient (Wildman–Crippen LogP) is 2.06. The van der Waals surface area contributed by atoms with Crippen LogP contribution < -0.4 is 15.2 Å². The lowest BCUT2D eigenvalue weighted by molar-refractivity contribution is 0.409. The van der Waals surface area contributed by atoms with Gasteiger partial charge in [-0.05, 0) is 24.6 Å². The van der Waals surface area contributed by atoms with Crippen molar-refractivity contribution in [2.24, 2.45) is 0 Å². The van der Waals surface area contributed by atoms with E-state index in [2.05, 4.69) is 4.72 Å². The average Bonchev–Trinajstić information content (AvgIpc) is 2.45. The first-order valence-corrected chi connectivity index (χ1v) is 7.90. The summed E-state index contributed by atoms with van der Waals surface area (Å²) < 4.78 is 32.6. The highest BCUT2D eigenvalue weighted by Gasteiger charge is 2.20. The van der Waals surface area contributed by atoms with Crippen LogP contribution in [0.15, 0.2) is 47.4 Å². The van der Waals surface area contributed by atoms with Crippen molar-refractivity contribution in [3.63, 3.8) is 0 Å². The summed E-state index contributed by atoms with van der Waals surface area (Å²) in [6.45, 7) is 1.86. The molecule has 112 valence electrons. The van der Waals surface area contributed by atoms with Crippen LogP contribution in [0, 0.1) is 6.92 Å². The number of hydrogen-bond acceptors (Lipinski definition) is 4. The molecule has 0 aromatic heterocycles. The minimum atomic E-state index is -3.68. The monoisotopic (exact) mass is 306 g/mol. The Labute approximate surface area is 124 Å². The quantitative estimate of drug-likeness (QED) is 0.829. The summed E-state index contributed by atoms with van der Waals surface area (Å²) in [6.07, 6.45) is 0. The van der Waals surface area contributed by atoms with Crippen molar-refractivity contribution in [3.05, 3.63) is 53.6 Å². The Balaban J connectivity index is 2.27. The van der Waals surface area contributed by atoms with E-state index in [-0.39, 0.29) is 17.1 Å². The molecule has 2 aromatic carbocycles. The lowest BCUT2D eigenvalue weighted by Crippen LogP contribution is -2.25. The third kappa shape index (κ3) is 3.34. The van der Waals surface area contributed by atoms with Gasteiger partial charge in [-0.15, -0.1) is 0 Å². The van der Waals surface area contributed by atoms with Gasteiger partial charge in [0.15, 0.2) is 0 Å². The first kappa shape index (κ1) is 15.3. The van der Waals surface area contributed by atoms with E-state index in [1.165, 1.54) is 0 Å². The average molecular weight is 306 g/mol. The Kier molecular flexibility index (Phi) is 4.50. The molecule has 0 fully saturated rings. The number of hydrogen-bond donors (Lipinski definition) is 2. The summed E-state index contributed by atoms with van der Waals surface area (Å²) in [7, 11) is -2.13. The molecule has 2 rings (SSSR count). The molecule has 5 nitrogen and oxygen atoms in total. The van der Waals surface area contributed by atoms with Crippen LogP contribution in [-0.2, 0) is 16.6 Å². The molecule has 0 aliphatic heterocycles. The number of sulfonamides is 1. The fraction of sp³-hybridized carbons (Fsp3) is 0.200. The van der Waals surface area contributed by atoms with Crippen LogP contribution in [0.3, 0.4) is 0 Å². The molecule has 0 aliphatic rings. The zero-order valence-electron chi connectivity index (χ0n) is 12.0. The number of benzene rings is 2. The second-order valence-electron chi connectivity index (χ2n) is 4.63. The molecule has 0 bridgehead atoms. The van der Waals surface area contributed by atoms with E-state index >= 15 is 0 Å². The minimum Gasteiger partial charge on any atom is -0.496 e. The topological polar surface area (TPSA) is 81.4 Å². The van der Waals surface area contributed by atoms with Crippen molar-refractivity contribution in [1.82, 2.24) is 4.72 Å². The van der Waals surface area contributed by atoms with Gasteiger partial charge in [-0.3, -0.25) is 0 Å². The molecule has 0 aliphatic carbocycles. The maximum Gasteiger partial charge on any atom is 0.243 e. The molecular weight excluding hydrogens is 288 g/mol. The SMILES string of the molecule is COc1ccccc1CNS(=O)(=O)c1c(C)cccc1N. The minimum absolute atomic E-state index is 0.125. The second kappa shape index (κ2) is 6.15. The molecule has 2 aromatic rings. The molecule has 21 heavy (non-hydrogen) atoms. The van der Waals surface area contributed by atoms with Crippen LogP contribution >= 0.6 is 0 Å². The molecule has 0 atom stereocenters. The normalized spacial score (nSPS) is 11.3. The van der Waals surface area contributed by atoms with Gasteiger partial charge in [-0.1, -0.05) is 30.3 Å². The van der Waals surface area contributed by atoms with E-state index in [4.69, 9.17) is 10.5 Å². The Morgan fingerprint density at radius 2 is 1.86 bits per heavy atom. The van der Waals surface area contributed by atoms with E-state index in [9.17, 15) is 8.42 Å². The number of nitrogens with one attached hydrogen (secondary N) is 1. The number of para-hydroxylation sites is 1. The molecule has 0 saturated heterocycles. The molecule has 3 N–H and O–H groups in total. The molecule has 0 radical (unpaired) electrons. The summed E-state index contributed by atoms with van der Waals surface area (Å²) in [5.74, 6) is 0.637. The van der Waals surface area contributed by atoms with Crippen LogP contribution in [0.4, 0.5) is 5.69 Å². The summed E-state index contributed by atoms with van der Waals surface area (Å²) in [6, 6.07) is 12.3. The van der Waals surface area contributed by atoms with Gasteiger partial charge in [0, 0.05) is 12.1 Å². The summed E-state index contributed by atoms with van der Waals surface area (Å²) in [4.78, 5) is 0.125. The molecular formula is C15H18N2O3S. The summed E-state index contributed by atoms with van der Waals surface area (Å²) in [5.41, 5.74) is 7.40. The van der Waals surface area contributed by atoms with Crippen molar-refractivity contribution in [2.45, 2.75) is 18.4 Å². The van der Waals surface area contributed by atoms with E-state index in [1.54, 1.807) is 38.3 Å². The van der Waals surface area contributed by atoms with Crippen LogP contribution in [-0.4, -0.2) is 15.5 Å². The Bertz CT molecular complexity index is 722. The largest absolute Gasteiger partial charge is 0.496 e. The number of aryl methyl sites for hydroxylation is 1. The maximum atomic E-state index is 12.4. The van der Waals surface area contributed by atoms with Crippen LogP contribution in [0.2, 0.25) is 0 Å². The van der Waals surface area contributed by atoms with Crippen molar-refractivity contribution in [2.75, 3.05) is 12.8 Å². The van der Waals surface area contributed by atoms with Crippen LogP contribution in [0.25, 0.3) is 0 Å². The number of anilines is 1. The number of nitrogen functional groups attached to an aromatic ring is 1. The summed E-state index contributed by atoms with van der Waals surface area (Å²) >= 11 is 0. The highest BCUT2D eigenvalue weighted by Crippen LogP contribution is 2.23. The van der Waals surface area contributed by atoms with Crippen molar-refractivity contribution >= 4 is 15.7 Å². The third-order valence-corrected chi connectivity index (χ3v) is 4.78. The fourth-order valence-corrected chi connectivity index (χ4v) is 3.50. The van der Waals surface area contributed by atoms with Gasteiger partial charge < -0.3 is 10.5 Å². The molecule has 0 unspecified atom stereocenters. The van der Waals surface area contributed by atoms with E-state index < -0.39 is 10.0 Å². The smallest absolute Gasteiger partial charge is 0.243 e. The fourth-order valence-electron chi connectivity index (χ4n) is 2.14. The standard InChI is InChI=1S/C15H18N2O3S/c1-11-6-5-8-13(16)15(11)21(18,19)17-10-12-7-3-4-9-14(12)20-2/h3-9,17H,10,16H2,1-2H3. The first-order chi connectivity index (χ1) is 9.95. The summed E-state index contributed by atoms with van der Waals surface area (Å²) in [5, 5.41) is 0. The lowest BCUT2D eigenvalue weighted by atomic mass is 10.2. The first-order valence-electron chi connectivity index (χ1n) is 6.42. The Hall–Kier alpha value is -2.05. The molecule has 0 amide bonds. The number of rotatable bonds is 5. The zero-order chi connectivity index (χ0) is 15.5. The predicted molar refractivity (Wildman–Crippen MR) is 82.6 cm³/mol. The van der Waals surface area contributed by atoms with Crippen molar-refractivity contribution < 1.29 is 13.2 Å². The van der Waals surface area contributed by atoms with Gasteiger partial charge in [0.25, 0.3) is 0 Å². The molecule has 0 saturated carbocycles. The Morgan fingerprint density at radius 3 is 2.52 bits per heavy atom. The van der Waals surface area contributed by atoms with Crippen molar-refractivity contribution in [1.29, 1.82) is 0 Å². The number of methoxy groups -OCH3 is 1. The van der Waals surface area contributed by atoms with Crippen LogP contribution in [0.5, 0.6) is 5.75 Å². The number of ether oxygens (including phenoxy) is 1. The van der Waals surface area contributed by atoms with Gasteiger partial charge in [0.2, 0.25) is 10.0 Å². The molecule has 0 heterocycles. The molecule has 6 heteroatoms.